The first kappa shape index (κ1) is 13.7. The van der Waals surface area contributed by atoms with Crippen LogP contribution in [0.5, 0.6) is 0 Å². The molecule has 2 rings (SSSR count). The van der Waals surface area contributed by atoms with Crippen LogP contribution in [0.3, 0.4) is 0 Å². The van der Waals surface area contributed by atoms with Gasteiger partial charge in [-0.05, 0) is 6.07 Å². The highest BCUT2D eigenvalue weighted by Gasteiger charge is 2.22. The number of hydrogen-bond donors (Lipinski definition) is 1. The summed E-state index contributed by atoms with van der Waals surface area (Å²) in [6.45, 7) is 6.32. The summed E-state index contributed by atoms with van der Waals surface area (Å²) in [4.78, 5) is 4.60. The van der Waals surface area contributed by atoms with Crippen molar-refractivity contribution >= 4 is 39.5 Å². The molecule has 0 spiro atoms. The van der Waals surface area contributed by atoms with E-state index in [2.05, 4.69) is 25.8 Å². The molecule has 0 amide bonds. The van der Waals surface area contributed by atoms with Gasteiger partial charge in [0, 0.05) is 11.0 Å². The fourth-order valence-corrected chi connectivity index (χ4v) is 2.83. The average molecular weight is 301 g/mol. The van der Waals surface area contributed by atoms with Crippen molar-refractivity contribution < 1.29 is 0 Å². The van der Waals surface area contributed by atoms with Gasteiger partial charge in [-0.15, -0.1) is 11.3 Å². The molecule has 0 aliphatic carbocycles. The molecule has 0 radical (unpaired) electrons. The quantitative estimate of drug-likeness (QED) is 0.805. The van der Waals surface area contributed by atoms with Crippen LogP contribution in [0, 0.1) is 0 Å². The van der Waals surface area contributed by atoms with Crippen LogP contribution < -0.4 is 5.73 Å². The molecule has 1 heterocycles. The van der Waals surface area contributed by atoms with Gasteiger partial charge in [-0.2, -0.15) is 0 Å². The number of benzene rings is 1. The van der Waals surface area contributed by atoms with Crippen LogP contribution in [-0.2, 0) is 5.41 Å². The lowest BCUT2D eigenvalue weighted by Crippen LogP contribution is -2.10. The van der Waals surface area contributed by atoms with Crippen molar-refractivity contribution in [2.75, 3.05) is 5.73 Å². The van der Waals surface area contributed by atoms with E-state index in [1.54, 1.807) is 6.07 Å². The number of thiazole rings is 1. The smallest absolute Gasteiger partial charge is 0.114 e. The maximum absolute atomic E-state index is 6.20. The molecule has 1 aromatic carbocycles. The van der Waals surface area contributed by atoms with Crippen molar-refractivity contribution in [2.24, 2.45) is 0 Å². The number of nitrogen functional groups attached to an aromatic ring is 1. The van der Waals surface area contributed by atoms with Crippen LogP contribution >= 0.6 is 34.5 Å². The minimum atomic E-state index is -0.0257. The molecule has 1 aromatic heterocycles. The van der Waals surface area contributed by atoms with Gasteiger partial charge in [-0.3, -0.25) is 0 Å². The number of anilines is 1. The number of nitrogens with zero attached hydrogens (tertiary/aromatic N) is 1. The summed E-state index contributed by atoms with van der Waals surface area (Å²) in [6, 6.07) is 5.48. The lowest BCUT2D eigenvalue weighted by Gasteiger charge is -2.13. The normalized spacial score (nSPS) is 11.8. The minimum absolute atomic E-state index is 0.0257. The Morgan fingerprint density at radius 1 is 1.22 bits per heavy atom. The monoisotopic (exact) mass is 300 g/mol. The zero-order chi connectivity index (χ0) is 13.5. The third-order valence-corrected chi connectivity index (χ3v) is 4.63. The van der Waals surface area contributed by atoms with Crippen molar-refractivity contribution in [3.8, 4) is 11.3 Å². The fraction of sp³-hybridized carbons (Fsp3) is 0.308. The number of halogens is 2. The van der Waals surface area contributed by atoms with Crippen LogP contribution in [-0.4, -0.2) is 4.98 Å². The average Bonchev–Trinajstić information content (AvgIpc) is 2.64. The lowest BCUT2D eigenvalue weighted by atomic mass is 9.98. The van der Waals surface area contributed by atoms with Crippen molar-refractivity contribution in [1.82, 2.24) is 4.98 Å². The Bertz CT molecular complexity index is 585. The van der Waals surface area contributed by atoms with E-state index in [-0.39, 0.29) is 5.41 Å². The summed E-state index contributed by atoms with van der Waals surface area (Å²) in [6.07, 6.45) is 0. The molecule has 18 heavy (non-hydrogen) atoms. The number of rotatable bonds is 1. The van der Waals surface area contributed by atoms with Gasteiger partial charge < -0.3 is 5.73 Å². The molecule has 2 N–H and O–H groups in total. The molecule has 0 fully saturated rings. The van der Waals surface area contributed by atoms with E-state index in [0.717, 1.165) is 16.3 Å². The lowest BCUT2D eigenvalue weighted by molar-refractivity contribution is 0.586. The summed E-state index contributed by atoms with van der Waals surface area (Å²) in [5.41, 5.74) is 7.52. The largest absolute Gasteiger partial charge is 0.389 e. The van der Waals surface area contributed by atoms with Crippen LogP contribution in [0.2, 0.25) is 10.0 Å². The van der Waals surface area contributed by atoms with Crippen LogP contribution in [0.1, 0.15) is 25.8 Å². The van der Waals surface area contributed by atoms with E-state index in [0.29, 0.717) is 15.0 Å². The summed E-state index contributed by atoms with van der Waals surface area (Å²) >= 11 is 13.7. The van der Waals surface area contributed by atoms with Crippen LogP contribution in [0.25, 0.3) is 11.3 Å². The molecule has 0 aliphatic heterocycles. The zero-order valence-electron chi connectivity index (χ0n) is 10.4. The fourth-order valence-electron chi connectivity index (χ4n) is 1.53. The SMILES string of the molecule is CC(C)(C)c1nc(-c2cccc(Cl)c2Cl)c(N)s1. The first-order valence-corrected chi connectivity index (χ1v) is 7.09. The Hall–Kier alpha value is -0.770. The van der Waals surface area contributed by atoms with Gasteiger partial charge in [-0.25, -0.2) is 4.98 Å². The second-order valence-corrected chi connectivity index (χ2v) is 6.90. The van der Waals surface area contributed by atoms with E-state index >= 15 is 0 Å². The Balaban J connectivity index is 2.58. The maximum Gasteiger partial charge on any atom is 0.114 e. The molecule has 2 nitrogen and oxygen atoms in total. The van der Waals surface area contributed by atoms with Crippen molar-refractivity contribution in [2.45, 2.75) is 26.2 Å². The van der Waals surface area contributed by atoms with Gasteiger partial charge in [-0.1, -0.05) is 56.1 Å². The minimum Gasteiger partial charge on any atom is -0.389 e. The Morgan fingerprint density at radius 3 is 2.44 bits per heavy atom. The second-order valence-electron chi connectivity index (χ2n) is 5.08. The highest BCUT2D eigenvalue weighted by Crippen LogP contribution is 2.40. The molecule has 2 aromatic rings. The zero-order valence-corrected chi connectivity index (χ0v) is 12.7. The molecule has 5 heteroatoms. The van der Waals surface area contributed by atoms with Crippen molar-refractivity contribution in [3.63, 3.8) is 0 Å². The molecule has 0 aliphatic rings. The second kappa shape index (κ2) is 4.72. The topological polar surface area (TPSA) is 38.9 Å². The first-order chi connectivity index (χ1) is 8.30. The van der Waals surface area contributed by atoms with E-state index in [4.69, 9.17) is 28.9 Å². The highest BCUT2D eigenvalue weighted by molar-refractivity contribution is 7.16. The third-order valence-electron chi connectivity index (χ3n) is 2.50. The predicted octanol–water partition coefficient (Wildman–Crippen LogP) is 5.00. The predicted molar refractivity (Wildman–Crippen MR) is 80.7 cm³/mol. The van der Waals surface area contributed by atoms with E-state index in [1.807, 2.05) is 12.1 Å². The van der Waals surface area contributed by atoms with E-state index < -0.39 is 0 Å². The molecule has 0 saturated heterocycles. The van der Waals surface area contributed by atoms with E-state index in [9.17, 15) is 0 Å². The molecular formula is C13H14Cl2N2S. The summed E-state index contributed by atoms with van der Waals surface area (Å²) < 4.78 is 0. The molecule has 0 unspecified atom stereocenters. The van der Waals surface area contributed by atoms with Gasteiger partial charge in [0.1, 0.15) is 15.7 Å². The standard InChI is InChI=1S/C13H14Cl2N2S/c1-13(2,3)12-17-10(11(16)18-12)7-5-4-6-8(14)9(7)15/h4-6H,16H2,1-3H3. The van der Waals surface area contributed by atoms with Gasteiger partial charge in [0.25, 0.3) is 0 Å². The summed E-state index contributed by atoms with van der Waals surface area (Å²) in [7, 11) is 0. The Morgan fingerprint density at radius 2 is 1.89 bits per heavy atom. The molecular weight excluding hydrogens is 287 g/mol. The third kappa shape index (κ3) is 2.48. The first-order valence-electron chi connectivity index (χ1n) is 5.52. The van der Waals surface area contributed by atoms with E-state index in [1.165, 1.54) is 11.3 Å². The van der Waals surface area contributed by atoms with Gasteiger partial charge >= 0.3 is 0 Å². The van der Waals surface area contributed by atoms with Crippen molar-refractivity contribution in [3.05, 3.63) is 33.3 Å². The van der Waals surface area contributed by atoms with Crippen molar-refractivity contribution in [1.29, 1.82) is 0 Å². The number of hydrogen-bond acceptors (Lipinski definition) is 3. The summed E-state index contributed by atoms with van der Waals surface area (Å²) in [5, 5.41) is 2.67. The van der Waals surface area contributed by atoms with Crippen LogP contribution in [0.15, 0.2) is 18.2 Å². The Kier molecular flexibility index (Phi) is 3.58. The van der Waals surface area contributed by atoms with Crippen LogP contribution in [0.4, 0.5) is 5.00 Å². The molecule has 0 atom stereocenters. The molecule has 0 bridgehead atoms. The maximum atomic E-state index is 6.20. The Labute approximate surface area is 121 Å². The van der Waals surface area contributed by atoms with Gasteiger partial charge in [0.05, 0.1) is 10.0 Å². The number of aromatic nitrogens is 1. The summed E-state index contributed by atoms with van der Waals surface area (Å²) in [5.74, 6) is 0. The molecule has 96 valence electrons. The number of nitrogens with two attached hydrogens (primary N) is 1. The highest BCUT2D eigenvalue weighted by atomic mass is 35.5. The van der Waals surface area contributed by atoms with Gasteiger partial charge in [0.2, 0.25) is 0 Å². The molecule has 0 saturated carbocycles. The van der Waals surface area contributed by atoms with Gasteiger partial charge in [0.15, 0.2) is 0 Å².